The number of rotatable bonds is 5. The summed E-state index contributed by atoms with van der Waals surface area (Å²) >= 11 is 0. The lowest BCUT2D eigenvalue weighted by Gasteiger charge is -2.35. The van der Waals surface area contributed by atoms with E-state index in [-0.39, 0.29) is 24.7 Å². The monoisotopic (exact) mass is 407 g/mol. The Hall–Kier alpha value is -2.86. The number of amides is 2. The predicted octanol–water partition coefficient (Wildman–Crippen LogP) is 2.85. The number of ether oxygens (including phenoxy) is 1. The molecule has 0 spiro atoms. The SMILES string of the molecule is Cc1ccccc1CN1CCN(C(=O)CCC(=O)N2CCOc3ccccc32)CC1. The average molecular weight is 408 g/mol. The van der Waals surface area contributed by atoms with Crippen LogP contribution >= 0.6 is 0 Å². The van der Waals surface area contributed by atoms with Gasteiger partial charge in [0.05, 0.1) is 12.2 Å². The first-order valence-electron chi connectivity index (χ1n) is 10.7. The van der Waals surface area contributed by atoms with Crippen LogP contribution in [-0.4, -0.2) is 60.9 Å². The minimum atomic E-state index is -0.0164. The van der Waals surface area contributed by atoms with Gasteiger partial charge in [0, 0.05) is 45.6 Å². The Morgan fingerprint density at radius 1 is 0.867 bits per heavy atom. The van der Waals surface area contributed by atoms with Gasteiger partial charge in [0.1, 0.15) is 12.4 Å². The van der Waals surface area contributed by atoms with Crippen LogP contribution < -0.4 is 9.64 Å². The molecule has 2 amide bonds. The Morgan fingerprint density at radius 2 is 1.57 bits per heavy atom. The van der Waals surface area contributed by atoms with E-state index in [0.29, 0.717) is 13.2 Å². The maximum atomic E-state index is 12.7. The van der Waals surface area contributed by atoms with Crippen molar-refractivity contribution in [3.63, 3.8) is 0 Å². The molecule has 6 nitrogen and oxygen atoms in total. The molecule has 2 aliphatic rings. The van der Waals surface area contributed by atoms with Crippen LogP contribution in [0.1, 0.15) is 24.0 Å². The first-order valence-corrected chi connectivity index (χ1v) is 10.7. The fourth-order valence-electron chi connectivity index (χ4n) is 4.12. The Kier molecular flexibility index (Phi) is 6.33. The van der Waals surface area contributed by atoms with Gasteiger partial charge >= 0.3 is 0 Å². The van der Waals surface area contributed by atoms with Crippen molar-refractivity contribution in [1.29, 1.82) is 0 Å². The Bertz CT molecular complexity index is 906. The second kappa shape index (κ2) is 9.30. The highest BCUT2D eigenvalue weighted by Crippen LogP contribution is 2.31. The molecule has 0 radical (unpaired) electrons. The lowest BCUT2D eigenvalue weighted by atomic mass is 10.1. The van der Waals surface area contributed by atoms with E-state index in [9.17, 15) is 9.59 Å². The zero-order valence-corrected chi connectivity index (χ0v) is 17.5. The Balaban J connectivity index is 1.25. The van der Waals surface area contributed by atoms with Crippen LogP contribution in [-0.2, 0) is 16.1 Å². The number of benzene rings is 2. The van der Waals surface area contributed by atoms with Crippen molar-refractivity contribution in [2.24, 2.45) is 0 Å². The van der Waals surface area contributed by atoms with E-state index in [1.807, 2.05) is 29.2 Å². The number of carbonyl (C=O) groups is 2. The van der Waals surface area contributed by atoms with Gasteiger partial charge in [0.25, 0.3) is 0 Å². The van der Waals surface area contributed by atoms with Gasteiger partial charge in [-0.3, -0.25) is 14.5 Å². The fraction of sp³-hybridized carbons (Fsp3) is 0.417. The van der Waals surface area contributed by atoms with Crippen molar-refractivity contribution in [3.05, 3.63) is 59.7 Å². The van der Waals surface area contributed by atoms with E-state index < -0.39 is 0 Å². The normalized spacial score (nSPS) is 16.7. The minimum absolute atomic E-state index is 0.0164. The summed E-state index contributed by atoms with van der Waals surface area (Å²) < 4.78 is 5.61. The molecule has 158 valence electrons. The van der Waals surface area contributed by atoms with Gasteiger partial charge in [-0.05, 0) is 30.2 Å². The number of hydrogen-bond donors (Lipinski definition) is 0. The zero-order valence-electron chi connectivity index (χ0n) is 17.5. The Labute approximate surface area is 178 Å². The summed E-state index contributed by atoms with van der Waals surface area (Å²) in [6, 6.07) is 16.0. The molecular weight excluding hydrogens is 378 g/mol. The third-order valence-electron chi connectivity index (χ3n) is 5.96. The number of para-hydroxylation sites is 2. The first kappa shape index (κ1) is 20.4. The molecule has 0 aliphatic carbocycles. The molecular formula is C24H29N3O3. The number of carbonyl (C=O) groups excluding carboxylic acids is 2. The molecule has 1 fully saturated rings. The first-order chi connectivity index (χ1) is 14.6. The molecule has 4 rings (SSSR count). The maximum absolute atomic E-state index is 12.7. The third kappa shape index (κ3) is 4.65. The second-order valence-corrected chi connectivity index (χ2v) is 7.94. The molecule has 1 saturated heterocycles. The van der Waals surface area contributed by atoms with Crippen LogP contribution in [0.2, 0.25) is 0 Å². The number of nitrogens with zero attached hydrogens (tertiary/aromatic N) is 3. The summed E-state index contributed by atoms with van der Waals surface area (Å²) in [7, 11) is 0. The molecule has 2 aromatic carbocycles. The lowest BCUT2D eigenvalue weighted by molar-refractivity contribution is -0.134. The van der Waals surface area contributed by atoms with E-state index in [4.69, 9.17) is 4.74 Å². The van der Waals surface area contributed by atoms with Crippen LogP contribution in [0, 0.1) is 6.92 Å². The maximum Gasteiger partial charge on any atom is 0.227 e. The van der Waals surface area contributed by atoms with Gasteiger partial charge in [-0.25, -0.2) is 0 Å². The van der Waals surface area contributed by atoms with Crippen molar-refractivity contribution in [1.82, 2.24) is 9.80 Å². The number of aryl methyl sites for hydroxylation is 1. The van der Waals surface area contributed by atoms with Crippen molar-refractivity contribution in [2.45, 2.75) is 26.3 Å². The molecule has 0 bridgehead atoms. The van der Waals surface area contributed by atoms with E-state index in [1.54, 1.807) is 4.90 Å². The van der Waals surface area contributed by atoms with E-state index >= 15 is 0 Å². The highest BCUT2D eigenvalue weighted by Gasteiger charge is 2.26. The molecule has 0 atom stereocenters. The molecule has 6 heteroatoms. The molecule has 2 aliphatic heterocycles. The molecule has 2 heterocycles. The van der Waals surface area contributed by atoms with Crippen molar-refractivity contribution >= 4 is 17.5 Å². The number of anilines is 1. The molecule has 0 unspecified atom stereocenters. The van der Waals surface area contributed by atoms with Gasteiger partial charge in [-0.1, -0.05) is 36.4 Å². The van der Waals surface area contributed by atoms with Gasteiger partial charge in [0.15, 0.2) is 0 Å². The van der Waals surface area contributed by atoms with Gasteiger partial charge in [-0.15, -0.1) is 0 Å². The average Bonchev–Trinajstić information content (AvgIpc) is 2.79. The number of fused-ring (bicyclic) bond motifs is 1. The Morgan fingerprint density at radius 3 is 2.37 bits per heavy atom. The van der Waals surface area contributed by atoms with Gasteiger partial charge in [0.2, 0.25) is 11.8 Å². The summed E-state index contributed by atoms with van der Waals surface area (Å²) in [5, 5.41) is 0. The highest BCUT2D eigenvalue weighted by atomic mass is 16.5. The van der Waals surface area contributed by atoms with Gasteiger partial charge in [-0.2, -0.15) is 0 Å². The summed E-state index contributed by atoms with van der Waals surface area (Å²) in [6.45, 7) is 7.25. The van der Waals surface area contributed by atoms with Gasteiger partial charge < -0.3 is 14.5 Å². The van der Waals surface area contributed by atoms with Crippen molar-refractivity contribution in [3.8, 4) is 5.75 Å². The third-order valence-corrected chi connectivity index (χ3v) is 5.96. The van der Waals surface area contributed by atoms with Crippen LogP contribution in [0.5, 0.6) is 5.75 Å². The van der Waals surface area contributed by atoms with E-state index in [0.717, 1.165) is 44.2 Å². The van der Waals surface area contributed by atoms with E-state index in [1.165, 1.54) is 11.1 Å². The molecule has 0 aromatic heterocycles. The van der Waals surface area contributed by atoms with E-state index in [2.05, 4.69) is 36.1 Å². The van der Waals surface area contributed by atoms with Crippen LogP contribution in [0.15, 0.2) is 48.5 Å². The lowest BCUT2D eigenvalue weighted by Crippen LogP contribution is -2.48. The minimum Gasteiger partial charge on any atom is -0.490 e. The highest BCUT2D eigenvalue weighted by molar-refractivity contribution is 5.97. The quantitative estimate of drug-likeness (QED) is 0.765. The van der Waals surface area contributed by atoms with Crippen molar-refractivity contribution < 1.29 is 14.3 Å². The molecule has 2 aromatic rings. The predicted molar refractivity (Wildman–Crippen MR) is 117 cm³/mol. The second-order valence-electron chi connectivity index (χ2n) is 7.94. The summed E-state index contributed by atoms with van der Waals surface area (Å²) in [5.41, 5.74) is 3.44. The fourth-order valence-corrected chi connectivity index (χ4v) is 4.12. The number of piperazine rings is 1. The summed E-state index contributed by atoms with van der Waals surface area (Å²) in [6.07, 6.45) is 0.493. The standard InChI is InChI=1S/C24H29N3O3/c1-19-6-2-3-7-20(19)18-25-12-14-26(15-13-25)23(28)10-11-24(29)27-16-17-30-22-9-5-4-8-21(22)27/h2-9H,10-18H2,1H3. The van der Waals surface area contributed by atoms with Crippen LogP contribution in [0.3, 0.4) is 0 Å². The topological polar surface area (TPSA) is 53.1 Å². The van der Waals surface area contributed by atoms with Crippen LogP contribution in [0.4, 0.5) is 5.69 Å². The molecule has 30 heavy (non-hydrogen) atoms. The largest absolute Gasteiger partial charge is 0.490 e. The summed E-state index contributed by atoms with van der Waals surface area (Å²) in [4.78, 5) is 31.4. The zero-order chi connectivity index (χ0) is 20.9. The molecule has 0 N–H and O–H groups in total. The molecule has 0 saturated carbocycles. The summed E-state index contributed by atoms with van der Waals surface area (Å²) in [5.74, 6) is 0.783. The number of hydrogen-bond acceptors (Lipinski definition) is 4. The van der Waals surface area contributed by atoms with Crippen molar-refractivity contribution in [2.75, 3.05) is 44.2 Å². The smallest absolute Gasteiger partial charge is 0.227 e. The van der Waals surface area contributed by atoms with Crippen LogP contribution in [0.25, 0.3) is 0 Å².